The summed E-state index contributed by atoms with van der Waals surface area (Å²) in [5.74, 6) is 0.525. The first kappa shape index (κ1) is 17.4. The molecule has 1 aromatic heterocycles. The average Bonchev–Trinajstić information content (AvgIpc) is 2.62. The molecule has 2 atom stereocenters. The Morgan fingerprint density at radius 1 is 1.32 bits per heavy atom. The third kappa shape index (κ3) is 3.97. The van der Waals surface area contributed by atoms with Crippen LogP contribution in [0, 0.1) is 0 Å². The first-order valence-electron chi connectivity index (χ1n) is 8.45. The minimum Gasteiger partial charge on any atom is -0.375 e. The zero-order chi connectivity index (χ0) is 17.8. The number of pyridine rings is 1. The number of carbonyl (C=O) groups is 1. The molecule has 1 saturated heterocycles. The van der Waals surface area contributed by atoms with Crippen LogP contribution in [0.1, 0.15) is 12.5 Å². The van der Waals surface area contributed by atoms with Gasteiger partial charge in [0.1, 0.15) is 11.9 Å². The van der Waals surface area contributed by atoms with Gasteiger partial charge in [-0.25, -0.2) is 4.98 Å². The minimum absolute atomic E-state index is 0.192. The number of nitrogens with zero attached hydrogens (tertiary/aromatic N) is 3. The lowest BCUT2D eigenvalue weighted by Gasteiger charge is -2.37. The number of aromatic nitrogens is 1. The molecule has 3 rings (SSSR count). The number of ether oxygens (including phenoxy) is 1. The molecule has 2 heterocycles. The summed E-state index contributed by atoms with van der Waals surface area (Å²) in [6.45, 7) is 3.80. The molecule has 1 amide bonds. The maximum atomic E-state index is 11.7. The van der Waals surface area contributed by atoms with Crippen molar-refractivity contribution in [3.05, 3.63) is 54.2 Å². The van der Waals surface area contributed by atoms with Crippen molar-refractivity contribution in [2.24, 2.45) is 5.73 Å². The van der Waals surface area contributed by atoms with E-state index < -0.39 is 6.04 Å². The Hall–Kier alpha value is -2.44. The minimum atomic E-state index is -0.402. The molecule has 6 nitrogen and oxygen atoms in total. The first-order valence-corrected chi connectivity index (χ1v) is 8.45. The molecule has 132 valence electrons. The van der Waals surface area contributed by atoms with Gasteiger partial charge in [0.05, 0.1) is 12.7 Å². The number of primary amides is 1. The Morgan fingerprint density at radius 2 is 2.08 bits per heavy atom. The van der Waals surface area contributed by atoms with Gasteiger partial charge in [-0.15, -0.1) is 0 Å². The Balaban J connectivity index is 1.71. The second-order valence-corrected chi connectivity index (χ2v) is 6.31. The van der Waals surface area contributed by atoms with Gasteiger partial charge in [-0.1, -0.05) is 24.3 Å². The van der Waals surface area contributed by atoms with Crippen molar-refractivity contribution in [2.75, 3.05) is 25.1 Å². The molecule has 0 radical (unpaired) electrons. The van der Waals surface area contributed by atoms with E-state index in [0.29, 0.717) is 19.7 Å². The number of benzene rings is 1. The van der Waals surface area contributed by atoms with E-state index in [1.54, 1.807) is 0 Å². The molecule has 0 unspecified atom stereocenters. The number of nitrogens with two attached hydrogens (primary N) is 1. The van der Waals surface area contributed by atoms with Crippen molar-refractivity contribution < 1.29 is 9.53 Å². The van der Waals surface area contributed by atoms with Crippen LogP contribution in [0.25, 0.3) is 0 Å². The highest BCUT2D eigenvalue weighted by Gasteiger charge is 2.33. The number of rotatable bonds is 5. The van der Waals surface area contributed by atoms with E-state index >= 15 is 0 Å². The fraction of sp³-hybridized carbons (Fsp3) is 0.368. The van der Waals surface area contributed by atoms with Gasteiger partial charge >= 0.3 is 0 Å². The zero-order valence-electron chi connectivity index (χ0n) is 14.6. The molecule has 0 aliphatic carbocycles. The highest BCUT2D eigenvalue weighted by Crippen LogP contribution is 2.22. The lowest BCUT2D eigenvalue weighted by atomic mass is 10.1. The van der Waals surface area contributed by atoms with Crippen LogP contribution in [0.5, 0.6) is 0 Å². The van der Waals surface area contributed by atoms with E-state index in [4.69, 9.17) is 10.5 Å². The lowest BCUT2D eigenvalue weighted by Crippen LogP contribution is -2.56. The molecule has 25 heavy (non-hydrogen) atoms. The predicted molar refractivity (Wildman–Crippen MR) is 97.5 cm³/mol. The number of morpholine rings is 1. The average molecular weight is 340 g/mol. The van der Waals surface area contributed by atoms with Crippen molar-refractivity contribution in [1.82, 2.24) is 9.88 Å². The van der Waals surface area contributed by atoms with Crippen LogP contribution in [0.3, 0.4) is 0 Å². The lowest BCUT2D eigenvalue weighted by molar-refractivity contribution is -0.136. The summed E-state index contributed by atoms with van der Waals surface area (Å²) in [5, 5.41) is 0. The molecule has 0 bridgehead atoms. The van der Waals surface area contributed by atoms with Gasteiger partial charge in [0.25, 0.3) is 0 Å². The van der Waals surface area contributed by atoms with Gasteiger partial charge in [0.2, 0.25) is 5.91 Å². The van der Waals surface area contributed by atoms with Gasteiger partial charge in [0.15, 0.2) is 0 Å². The molecule has 2 aromatic rings. The predicted octanol–water partition coefficient (Wildman–Crippen LogP) is 1.92. The summed E-state index contributed by atoms with van der Waals surface area (Å²) in [7, 11) is 1.99. The van der Waals surface area contributed by atoms with Crippen molar-refractivity contribution in [2.45, 2.75) is 25.6 Å². The number of hydrogen-bond donors (Lipinski definition) is 1. The van der Waals surface area contributed by atoms with Gasteiger partial charge in [-0.3, -0.25) is 9.69 Å². The maximum Gasteiger partial charge on any atom is 0.237 e. The standard InChI is InChI=1S/C19H24N4O2/c1-14-18(19(20)24)23(10-11-25-14)13-15-8-9-17(21-12-15)22(2)16-6-4-3-5-7-16/h3-9,12,14,18H,10-11,13H2,1-2H3,(H2,20,24)/t14-,18+/m1/s1. The topological polar surface area (TPSA) is 71.7 Å². The van der Waals surface area contributed by atoms with E-state index in [0.717, 1.165) is 17.1 Å². The highest BCUT2D eigenvalue weighted by atomic mass is 16.5. The van der Waals surface area contributed by atoms with Crippen LogP contribution >= 0.6 is 0 Å². The molecule has 1 aliphatic rings. The molecular formula is C19H24N4O2. The molecule has 6 heteroatoms. The number of carbonyl (C=O) groups excluding carboxylic acids is 1. The van der Waals surface area contributed by atoms with Crippen LogP contribution in [0.4, 0.5) is 11.5 Å². The second-order valence-electron chi connectivity index (χ2n) is 6.31. The largest absolute Gasteiger partial charge is 0.375 e. The zero-order valence-corrected chi connectivity index (χ0v) is 14.6. The Labute approximate surface area is 148 Å². The second kappa shape index (κ2) is 7.63. The van der Waals surface area contributed by atoms with Crippen molar-refractivity contribution in [3.8, 4) is 0 Å². The Bertz CT molecular complexity index is 705. The summed E-state index contributed by atoms with van der Waals surface area (Å²) >= 11 is 0. The molecule has 0 saturated carbocycles. The molecule has 0 spiro atoms. The van der Waals surface area contributed by atoms with Gasteiger partial charge < -0.3 is 15.4 Å². The fourth-order valence-electron chi connectivity index (χ4n) is 3.20. The van der Waals surface area contributed by atoms with Crippen LogP contribution in [0.15, 0.2) is 48.7 Å². The third-order valence-corrected chi connectivity index (χ3v) is 4.57. The maximum absolute atomic E-state index is 11.7. The monoisotopic (exact) mass is 340 g/mol. The van der Waals surface area contributed by atoms with Crippen LogP contribution in [0.2, 0.25) is 0 Å². The van der Waals surface area contributed by atoms with Crippen LogP contribution < -0.4 is 10.6 Å². The van der Waals surface area contributed by atoms with Crippen molar-refractivity contribution >= 4 is 17.4 Å². The normalized spacial score (nSPS) is 21.0. The summed E-state index contributed by atoms with van der Waals surface area (Å²) in [5.41, 5.74) is 7.68. The number of anilines is 2. The van der Waals surface area contributed by atoms with Gasteiger partial charge in [0, 0.05) is 32.0 Å². The summed E-state index contributed by atoms with van der Waals surface area (Å²) in [4.78, 5) is 20.4. The van der Waals surface area contributed by atoms with E-state index in [2.05, 4.69) is 9.88 Å². The highest BCUT2D eigenvalue weighted by molar-refractivity contribution is 5.80. The smallest absolute Gasteiger partial charge is 0.237 e. The molecule has 1 aromatic carbocycles. The van der Waals surface area contributed by atoms with E-state index in [1.807, 2.05) is 67.5 Å². The van der Waals surface area contributed by atoms with Crippen molar-refractivity contribution in [3.63, 3.8) is 0 Å². The summed E-state index contributed by atoms with van der Waals surface area (Å²) in [6, 6.07) is 13.7. The number of amides is 1. The number of para-hydroxylation sites is 1. The Morgan fingerprint density at radius 3 is 2.72 bits per heavy atom. The van der Waals surface area contributed by atoms with E-state index in [9.17, 15) is 4.79 Å². The number of hydrogen-bond acceptors (Lipinski definition) is 5. The molecule has 2 N–H and O–H groups in total. The fourth-order valence-corrected chi connectivity index (χ4v) is 3.20. The Kier molecular flexibility index (Phi) is 5.31. The molecule has 1 fully saturated rings. The molecule has 1 aliphatic heterocycles. The van der Waals surface area contributed by atoms with E-state index in [1.165, 1.54) is 0 Å². The van der Waals surface area contributed by atoms with Crippen LogP contribution in [-0.4, -0.2) is 48.1 Å². The molecular weight excluding hydrogens is 316 g/mol. The first-order chi connectivity index (χ1) is 12.1. The van der Waals surface area contributed by atoms with Gasteiger partial charge in [-0.2, -0.15) is 0 Å². The van der Waals surface area contributed by atoms with Gasteiger partial charge in [-0.05, 0) is 30.7 Å². The van der Waals surface area contributed by atoms with Crippen LogP contribution in [-0.2, 0) is 16.1 Å². The van der Waals surface area contributed by atoms with E-state index in [-0.39, 0.29) is 12.0 Å². The summed E-state index contributed by atoms with van der Waals surface area (Å²) < 4.78 is 5.55. The quantitative estimate of drug-likeness (QED) is 0.900. The third-order valence-electron chi connectivity index (χ3n) is 4.57. The summed E-state index contributed by atoms with van der Waals surface area (Å²) in [6.07, 6.45) is 1.66. The SMILES string of the molecule is C[C@H]1OCCN(Cc2ccc(N(C)c3ccccc3)nc2)[C@@H]1C(N)=O. The van der Waals surface area contributed by atoms with Crippen molar-refractivity contribution in [1.29, 1.82) is 0 Å².